The minimum atomic E-state index is -0.0117. The van der Waals surface area contributed by atoms with Gasteiger partial charge in [0.05, 0.1) is 6.04 Å². The molecule has 122 valence electrons. The molecule has 5 heteroatoms. The maximum Gasteiger partial charge on any atom is 0.248 e. The van der Waals surface area contributed by atoms with Crippen molar-refractivity contribution in [3.8, 4) is 0 Å². The number of carbonyl (C=O) groups is 1. The Morgan fingerprint density at radius 2 is 1.96 bits per heavy atom. The number of nitrogens with zero attached hydrogens (tertiary/aromatic N) is 3. The predicted molar refractivity (Wildman–Crippen MR) is 90.2 cm³/mol. The Morgan fingerprint density at radius 1 is 1.17 bits per heavy atom. The van der Waals surface area contributed by atoms with E-state index in [1.165, 1.54) is 24.8 Å². The highest BCUT2D eigenvalue weighted by Crippen LogP contribution is 2.27. The maximum absolute atomic E-state index is 12.0. The Balaban J connectivity index is 1.43. The van der Waals surface area contributed by atoms with Gasteiger partial charge in [0.1, 0.15) is 6.33 Å². The Labute approximate surface area is 137 Å². The largest absolute Gasteiger partial charge is 0.293 e. The topological polar surface area (TPSA) is 59.8 Å². The summed E-state index contributed by atoms with van der Waals surface area (Å²) in [4.78, 5) is 16.2. The number of anilines is 1. The van der Waals surface area contributed by atoms with Gasteiger partial charge in [0.2, 0.25) is 11.9 Å². The summed E-state index contributed by atoms with van der Waals surface area (Å²) in [6.45, 7) is 0. The summed E-state index contributed by atoms with van der Waals surface area (Å²) < 4.78 is 1.92. The van der Waals surface area contributed by atoms with Gasteiger partial charge in [-0.2, -0.15) is 0 Å². The van der Waals surface area contributed by atoms with Crippen LogP contribution < -0.4 is 5.32 Å². The monoisotopic (exact) mass is 312 g/mol. The number of benzene rings is 1. The average molecular weight is 312 g/mol. The van der Waals surface area contributed by atoms with Gasteiger partial charge in [-0.1, -0.05) is 49.6 Å². The number of hydrogen-bond acceptors (Lipinski definition) is 3. The Morgan fingerprint density at radius 3 is 2.74 bits per heavy atom. The van der Waals surface area contributed by atoms with Gasteiger partial charge < -0.3 is 0 Å². The minimum absolute atomic E-state index is 0.0117. The van der Waals surface area contributed by atoms with Gasteiger partial charge in [-0.05, 0) is 31.2 Å². The summed E-state index contributed by atoms with van der Waals surface area (Å²) in [5.74, 6) is 0.419. The van der Waals surface area contributed by atoms with Crippen LogP contribution >= 0.6 is 0 Å². The van der Waals surface area contributed by atoms with Gasteiger partial charge in [-0.15, -0.1) is 5.10 Å². The minimum Gasteiger partial charge on any atom is -0.293 e. The van der Waals surface area contributed by atoms with Gasteiger partial charge in [-0.3, -0.25) is 10.1 Å². The van der Waals surface area contributed by atoms with Crippen LogP contribution in [0, 0.1) is 0 Å². The number of hydrogen-bond donors (Lipinski definition) is 1. The zero-order chi connectivity index (χ0) is 15.9. The molecule has 3 rings (SSSR count). The zero-order valence-corrected chi connectivity index (χ0v) is 13.4. The zero-order valence-electron chi connectivity index (χ0n) is 13.4. The number of rotatable bonds is 6. The molecule has 1 N–H and O–H groups in total. The summed E-state index contributed by atoms with van der Waals surface area (Å²) >= 11 is 0. The third-order valence-corrected chi connectivity index (χ3v) is 4.42. The molecule has 1 amide bonds. The second kappa shape index (κ2) is 7.90. The van der Waals surface area contributed by atoms with E-state index in [1.807, 2.05) is 22.9 Å². The van der Waals surface area contributed by atoms with E-state index in [0.717, 1.165) is 25.7 Å². The lowest BCUT2D eigenvalue weighted by Crippen LogP contribution is -2.15. The number of nitrogens with one attached hydrogen (secondary N) is 1. The summed E-state index contributed by atoms with van der Waals surface area (Å²) in [5.41, 5.74) is 1.26. The van der Waals surface area contributed by atoms with Crippen molar-refractivity contribution in [3.63, 3.8) is 0 Å². The second-order valence-corrected chi connectivity index (χ2v) is 6.23. The molecule has 1 aromatic heterocycles. The molecule has 0 unspecified atom stereocenters. The van der Waals surface area contributed by atoms with Crippen LogP contribution in [0.2, 0.25) is 0 Å². The molecule has 5 nitrogen and oxygen atoms in total. The number of amides is 1. The summed E-state index contributed by atoms with van der Waals surface area (Å²) in [7, 11) is 0. The highest BCUT2D eigenvalue weighted by molar-refractivity contribution is 5.88. The first-order valence-electron chi connectivity index (χ1n) is 8.56. The van der Waals surface area contributed by atoms with E-state index in [1.54, 1.807) is 6.33 Å². The standard InChI is InChI=1S/C18H24N4O/c23-17(13-7-10-15-8-3-1-4-9-15)20-18-19-14-22(21-18)16-11-5-2-6-12-16/h1,3-4,8-9,14,16H,2,5-7,10-13H2,(H,20,21,23). The molecule has 0 aliphatic heterocycles. The maximum atomic E-state index is 12.0. The van der Waals surface area contributed by atoms with E-state index in [2.05, 4.69) is 27.5 Å². The molecular formula is C18H24N4O. The quantitative estimate of drug-likeness (QED) is 0.884. The number of aromatic nitrogens is 3. The Bertz CT molecular complexity index is 617. The van der Waals surface area contributed by atoms with Crippen molar-refractivity contribution in [2.24, 2.45) is 0 Å². The molecule has 1 saturated carbocycles. The molecular weight excluding hydrogens is 288 g/mol. The molecule has 0 spiro atoms. The highest BCUT2D eigenvalue weighted by atomic mass is 16.1. The SMILES string of the molecule is O=C(CCCc1ccccc1)Nc1ncn(C2CCCCC2)n1. The molecule has 0 bridgehead atoms. The fourth-order valence-corrected chi connectivity index (χ4v) is 3.14. The van der Waals surface area contributed by atoms with Gasteiger partial charge in [0, 0.05) is 6.42 Å². The van der Waals surface area contributed by atoms with E-state index in [0.29, 0.717) is 18.4 Å². The van der Waals surface area contributed by atoms with Crippen LogP contribution in [-0.2, 0) is 11.2 Å². The van der Waals surface area contributed by atoms with Crippen molar-refractivity contribution in [2.45, 2.75) is 57.4 Å². The Kier molecular flexibility index (Phi) is 5.40. The van der Waals surface area contributed by atoms with E-state index in [4.69, 9.17) is 0 Å². The predicted octanol–water partition coefficient (Wildman–Crippen LogP) is 3.74. The molecule has 23 heavy (non-hydrogen) atoms. The van der Waals surface area contributed by atoms with Crippen LogP contribution in [0.15, 0.2) is 36.7 Å². The Hall–Kier alpha value is -2.17. The van der Waals surface area contributed by atoms with Crippen LogP contribution in [-0.4, -0.2) is 20.7 Å². The van der Waals surface area contributed by atoms with Crippen LogP contribution in [0.25, 0.3) is 0 Å². The fraction of sp³-hybridized carbons (Fsp3) is 0.500. The molecule has 1 aliphatic rings. The van der Waals surface area contributed by atoms with Crippen molar-refractivity contribution < 1.29 is 4.79 Å². The van der Waals surface area contributed by atoms with Crippen molar-refractivity contribution in [1.29, 1.82) is 0 Å². The molecule has 1 aliphatic carbocycles. The molecule has 2 aromatic rings. The lowest BCUT2D eigenvalue weighted by molar-refractivity contribution is -0.116. The first-order chi connectivity index (χ1) is 11.3. The van der Waals surface area contributed by atoms with Crippen molar-refractivity contribution in [3.05, 3.63) is 42.2 Å². The lowest BCUT2D eigenvalue weighted by Gasteiger charge is -2.21. The smallest absolute Gasteiger partial charge is 0.248 e. The van der Waals surface area contributed by atoms with E-state index < -0.39 is 0 Å². The van der Waals surface area contributed by atoms with Crippen molar-refractivity contribution in [2.75, 3.05) is 5.32 Å². The first kappa shape index (κ1) is 15.7. The molecule has 1 fully saturated rings. The normalized spacial score (nSPS) is 15.5. The third kappa shape index (κ3) is 4.65. The summed E-state index contributed by atoms with van der Waals surface area (Å²) in [6, 6.07) is 10.7. The third-order valence-electron chi connectivity index (χ3n) is 4.42. The van der Waals surface area contributed by atoms with E-state index >= 15 is 0 Å². The van der Waals surface area contributed by atoms with Gasteiger partial charge >= 0.3 is 0 Å². The van der Waals surface area contributed by atoms with Crippen molar-refractivity contribution in [1.82, 2.24) is 14.8 Å². The van der Waals surface area contributed by atoms with E-state index in [9.17, 15) is 4.79 Å². The average Bonchev–Trinajstić information content (AvgIpc) is 3.05. The second-order valence-electron chi connectivity index (χ2n) is 6.23. The lowest BCUT2D eigenvalue weighted by atomic mass is 9.96. The van der Waals surface area contributed by atoms with E-state index in [-0.39, 0.29) is 5.91 Å². The van der Waals surface area contributed by atoms with Crippen LogP contribution in [0.3, 0.4) is 0 Å². The van der Waals surface area contributed by atoms with Crippen molar-refractivity contribution >= 4 is 11.9 Å². The molecule has 0 radical (unpaired) electrons. The molecule has 0 atom stereocenters. The molecule has 1 heterocycles. The number of carbonyl (C=O) groups excluding carboxylic acids is 1. The van der Waals surface area contributed by atoms with Crippen LogP contribution in [0.5, 0.6) is 0 Å². The molecule has 0 saturated heterocycles. The molecule has 1 aromatic carbocycles. The summed E-state index contributed by atoms with van der Waals surface area (Å²) in [6.07, 6.45) is 10.1. The fourth-order valence-electron chi connectivity index (χ4n) is 3.14. The number of aryl methyl sites for hydroxylation is 1. The summed E-state index contributed by atoms with van der Waals surface area (Å²) in [5, 5.41) is 7.22. The van der Waals surface area contributed by atoms with Crippen LogP contribution in [0.1, 0.15) is 56.6 Å². The van der Waals surface area contributed by atoms with Gasteiger partial charge in [-0.25, -0.2) is 9.67 Å². The van der Waals surface area contributed by atoms with Crippen LogP contribution in [0.4, 0.5) is 5.95 Å². The first-order valence-corrected chi connectivity index (χ1v) is 8.56. The highest BCUT2D eigenvalue weighted by Gasteiger charge is 2.17. The van der Waals surface area contributed by atoms with Gasteiger partial charge in [0.25, 0.3) is 0 Å². The van der Waals surface area contributed by atoms with Gasteiger partial charge in [0.15, 0.2) is 0 Å².